The van der Waals surface area contributed by atoms with Crippen LogP contribution >= 0.6 is 0 Å². The minimum absolute atomic E-state index is 0.0432. The maximum atomic E-state index is 13.4. The minimum Gasteiger partial charge on any atom is -0.331 e. The van der Waals surface area contributed by atoms with E-state index in [1.54, 1.807) is 12.3 Å². The number of rotatable bonds is 3. The number of benzene rings is 1. The van der Waals surface area contributed by atoms with Gasteiger partial charge in [0.2, 0.25) is 11.8 Å². The molecule has 2 saturated heterocycles. The predicted octanol–water partition coefficient (Wildman–Crippen LogP) is 1.43. The normalized spacial score (nSPS) is 28.5. The molecule has 1 aromatic heterocycles. The Morgan fingerprint density at radius 3 is 2.77 bits per heavy atom. The lowest BCUT2D eigenvalue weighted by molar-refractivity contribution is -0.136. The number of hydrogen-bond acceptors (Lipinski definition) is 6. The second-order valence-corrected chi connectivity index (χ2v) is 10.6. The minimum atomic E-state index is -0.652. The van der Waals surface area contributed by atoms with Crippen LogP contribution in [0.1, 0.15) is 71.4 Å². The predicted molar refractivity (Wildman–Crippen MR) is 121 cm³/mol. The molecule has 10 nitrogen and oxygen atoms in total. The maximum Gasteiger partial charge on any atom is 0.276 e. The Morgan fingerprint density at radius 1 is 1.11 bits per heavy atom. The van der Waals surface area contributed by atoms with Gasteiger partial charge in [-0.05, 0) is 61.6 Å². The number of piperidine rings is 1. The van der Waals surface area contributed by atoms with Crippen LogP contribution in [-0.4, -0.2) is 66.5 Å². The first-order valence-electron chi connectivity index (χ1n) is 12.5. The Kier molecular flexibility index (Phi) is 4.29. The lowest BCUT2D eigenvalue weighted by Crippen LogP contribution is -2.52. The number of nitrogens with zero attached hydrogens (tertiary/aromatic N) is 5. The zero-order chi connectivity index (χ0) is 23.9. The quantitative estimate of drug-likeness (QED) is 0.673. The number of likely N-dealkylation sites (tertiary alicyclic amines) is 1. The van der Waals surface area contributed by atoms with E-state index in [1.807, 2.05) is 12.1 Å². The molecule has 4 amide bonds. The number of fused-ring (bicyclic) bond motifs is 3. The fourth-order valence-electron chi connectivity index (χ4n) is 6.94. The summed E-state index contributed by atoms with van der Waals surface area (Å²) in [5.74, 6) is 0.222. The van der Waals surface area contributed by atoms with Gasteiger partial charge in [0, 0.05) is 30.6 Å². The summed E-state index contributed by atoms with van der Waals surface area (Å²) in [5, 5.41) is 10.7. The molecular formula is C25H26N6O4. The molecule has 3 atom stereocenters. The van der Waals surface area contributed by atoms with Crippen molar-refractivity contribution in [3.63, 3.8) is 0 Å². The van der Waals surface area contributed by atoms with Crippen LogP contribution < -0.4 is 5.32 Å². The van der Waals surface area contributed by atoms with Gasteiger partial charge in [0.1, 0.15) is 6.04 Å². The maximum absolute atomic E-state index is 13.4. The third-order valence-corrected chi connectivity index (χ3v) is 8.80. The molecule has 4 fully saturated rings. The number of carbonyl (C=O) groups excluding carboxylic acids is 4. The molecule has 2 saturated carbocycles. The van der Waals surface area contributed by atoms with Gasteiger partial charge < -0.3 is 9.80 Å². The third-order valence-electron chi connectivity index (χ3n) is 8.80. The van der Waals surface area contributed by atoms with Crippen molar-refractivity contribution in [2.24, 2.45) is 11.8 Å². The summed E-state index contributed by atoms with van der Waals surface area (Å²) in [5.41, 5.74) is 2.32. The first-order valence-corrected chi connectivity index (χ1v) is 12.5. The molecule has 180 valence electrons. The van der Waals surface area contributed by atoms with E-state index in [2.05, 4.69) is 20.5 Å². The van der Waals surface area contributed by atoms with Crippen molar-refractivity contribution >= 4 is 23.6 Å². The Hall–Kier alpha value is -3.56. The monoisotopic (exact) mass is 474 g/mol. The molecule has 1 unspecified atom stereocenters. The highest BCUT2D eigenvalue weighted by molar-refractivity contribution is 6.05. The van der Waals surface area contributed by atoms with Crippen molar-refractivity contribution in [3.05, 3.63) is 41.2 Å². The van der Waals surface area contributed by atoms with Gasteiger partial charge in [0.15, 0.2) is 5.69 Å². The number of aromatic nitrogens is 3. The Labute approximate surface area is 201 Å². The van der Waals surface area contributed by atoms with Crippen LogP contribution in [0.15, 0.2) is 24.4 Å². The summed E-state index contributed by atoms with van der Waals surface area (Å²) in [4.78, 5) is 53.8. The fraction of sp³-hybridized carbons (Fsp3) is 0.520. The highest BCUT2D eigenvalue weighted by Crippen LogP contribution is 2.60. The lowest BCUT2D eigenvalue weighted by atomic mass is 9.92. The Morgan fingerprint density at radius 2 is 1.97 bits per heavy atom. The summed E-state index contributed by atoms with van der Waals surface area (Å²) in [6.07, 6.45) is 8.07. The summed E-state index contributed by atoms with van der Waals surface area (Å²) >= 11 is 0. The smallest absolute Gasteiger partial charge is 0.276 e. The van der Waals surface area contributed by atoms with E-state index in [9.17, 15) is 19.2 Å². The second kappa shape index (κ2) is 7.22. The van der Waals surface area contributed by atoms with Gasteiger partial charge in [0.25, 0.3) is 11.8 Å². The molecular weight excluding hydrogens is 448 g/mol. The summed E-state index contributed by atoms with van der Waals surface area (Å²) in [6, 6.07) is 4.76. The van der Waals surface area contributed by atoms with Crippen molar-refractivity contribution in [2.75, 3.05) is 6.54 Å². The fourth-order valence-corrected chi connectivity index (χ4v) is 6.94. The van der Waals surface area contributed by atoms with Gasteiger partial charge >= 0.3 is 0 Å². The van der Waals surface area contributed by atoms with E-state index in [-0.39, 0.29) is 29.7 Å². The van der Waals surface area contributed by atoms with Gasteiger partial charge in [-0.3, -0.25) is 24.5 Å². The summed E-state index contributed by atoms with van der Waals surface area (Å²) in [6.45, 7) is 1.14. The van der Waals surface area contributed by atoms with Gasteiger partial charge in [-0.25, -0.2) is 4.68 Å². The molecule has 10 heteroatoms. The molecule has 4 heterocycles. The topological polar surface area (TPSA) is 118 Å². The number of amides is 4. The molecule has 3 aliphatic heterocycles. The first kappa shape index (κ1) is 20.8. The van der Waals surface area contributed by atoms with Crippen molar-refractivity contribution in [3.8, 4) is 5.69 Å². The Bertz CT molecular complexity index is 1300. The van der Waals surface area contributed by atoms with Crippen LogP contribution in [0.4, 0.5) is 0 Å². The van der Waals surface area contributed by atoms with E-state index in [0.717, 1.165) is 24.9 Å². The SMILES string of the molecule is O=C1CCC(N2Cc3ccc(-n4cc(C(=O)N5C[C@@H]6CCC[C@@H]6C56CC6)nn4)cc3C2=O)C(=O)N1. The van der Waals surface area contributed by atoms with E-state index < -0.39 is 11.9 Å². The highest BCUT2D eigenvalue weighted by Gasteiger charge is 2.63. The second-order valence-electron chi connectivity index (χ2n) is 10.6. The van der Waals surface area contributed by atoms with Crippen molar-refractivity contribution in [1.82, 2.24) is 30.1 Å². The first-order chi connectivity index (χ1) is 16.9. The summed E-state index contributed by atoms with van der Waals surface area (Å²) < 4.78 is 1.53. The van der Waals surface area contributed by atoms with E-state index >= 15 is 0 Å². The van der Waals surface area contributed by atoms with Gasteiger partial charge in [-0.1, -0.05) is 17.7 Å². The molecule has 7 rings (SSSR count). The van der Waals surface area contributed by atoms with Crippen LogP contribution in [0.5, 0.6) is 0 Å². The zero-order valence-corrected chi connectivity index (χ0v) is 19.3. The number of nitrogens with one attached hydrogen (secondary N) is 1. The standard InChI is InChI=1S/C25H26N6O4/c32-21-7-6-20(22(33)26-21)29-11-14-4-5-16(10-17(14)23(29)34)31-13-19(27-28-31)24(35)30-12-15-2-1-3-18(15)25(30)8-9-25/h4-5,10,13,15,18,20H,1-3,6-9,11-12H2,(H,26,32,33)/t15-,18-,20?/m0/s1. The highest BCUT2D eigenvalue weighted by atomic mass is 16.2. The summed E-state index contributed by atoms with van der Waals surface area (Å²) in [7, 11) is 0. The van der Waals surface area contributed by atoms with Crippen LogP contribution in [-0.2, 0) is 16.1 Å². The molecule has 35 heavy (non-hydrogen) atoms. The molecule has 0 radical (unpaired) electrons. The molecule has 2 aliphatic carbocycles. The number of hydrogen-bond donors (Lipinski definition) is 1. The molecule has 1 spiro atoms. The molecule has 2 aromatic rings. The Balaban J connectivity index is 1.11. The van der Waals surface area contributed by atoms with Crippen LogP contribution in [0, 0.1) is 11.8 Å². The van der Waals surface area contributed by atoms with Gasteiger partial charge in [0.05, 0.1) is 11.9 Å². The van der Waals surface area contributed by atoms with Gasteiger partial charge in [-0.15, -0.1) is 5.10 Å². The third kappa shape index (κ3) is 3.01. The van der Waals surface area contributed by atoms with Crippen LogP contribution in [0.2, 0.25) is 0 Å². The molecule has 5 aliphatic rings. The van der Waals surface area contributed by atoms with Crippen molar-refractivity contribution < 1.29 is 19.2 Å². The van der Waals surface area contributed by atoms with Crippen LogP contribution in [0.3, 0.4) is 0 Å². The van der Waals surface area contributed by atoms with Crippen LogP contribution in [0.25, 0.3) is 5.69 Å². The largest absolute Gasteiger partial charge is 0.331 e. The number of imide groups is 1. The molecule has 0 bridgehead atoms. The van der Waals surface area contributed by atoms with E-state index in [0.29, 0.717) is 41.7 Å². The molecule has 1 aromatic carbocycles. The lowest BCUT2D eigenvalue weighted by Gasteiger charge is -2.29. The average Bonchev–Trinajstić information content (AvgIpc) is 3.18. The number of carbonyl (C=O) groups is 4. The van der Waals surface area contributed by atoms with E-state index in [1.165, 1.54) is 28.8 Å². The van der Waals surface area contributed by atoms with Crippen molar-refractivity contribution in [1.29, 1.82) is 0 Å². The zero-order valence-electron chi connectivity index (χ0n) is 19.3. The van der Waals surface area contributed by atoms with Gasteiger partial charge in [-0.2, -0.15) is 0 Å². The van der Waals surface area contributed by atoms with Crippen molar-refractivity contribution in [2.45, 2.75) is 63.1 Å². The van der Waals surface area contributed by atoms with E-state index in [4.69, 9.17) is 0 Å². The molecule has 1 N–H and O–H groups in total. The average molecular weight is 475 g/mol.